The van der Waals surface area contributed by atoms with E-state index in [4.69, 9.17) is 4.74 Å². The number of ether oxygens (including phenoxy) is 1. The standard InChI is InChI=1S/C13H16O2/c1-2-3-8-15-11-5-6-12-10(9-11)4-7-13(12)14/h5-6,9H,2-4,7-8H2,1H3. The van der Waals surface area contributed by atoms with Crippen molar-refractivity contribution in [1.29, 1.82) is 0 Å². The number of carbonyl (C=O) groups excluding carboxylic acids is 1. The minimum absolute atomic E-state index is 0.269. The lowest BCUT2D eigenvalue weighted by molar-refractivity contribution is 0.0994. The normalized spacial score (nSPS) is 14.1. The molecule has 0 heterocycles. The topological polar surface area (TPSA) is 26.3 Å². The molecule has 80 valence electrons. The summed E-state index contributed by atoms with van der Waals surface area (Å²) in [6.45, 7) is 2.91. The second-order valence-electron chi connectivity index (χ2n) is 3.94. The van der Waals surface area contributed by atoms with Gasteiger partial charge in [-0.1, -0.05) is 13.3 Å². The molecule has 0 spiro atoms. The van der Waals surface area contributed by atoms with Crippen molar-refractivity contribution in [2.24, 2.45) is 0 Å². The van der Waals surface area contributed by atoms with Crippen LogP contribution in [0.2, 0.25) is 0 Å². The van der Waals surface area contributed by atoms with E-state index in [0.717, 1.165) is 42.7 Å². The summed E-state index contributed by atoms with van der Waals surface area (Å²) < 4.78 is 5.60. The molecule has 2 heteroatoms. The van der Waals surface area contributed by atoms with E-state index >= 15 is 0 Å². The maximum Gasteiger partial charge on any atom is 0.163 e. The van der Waals surface area contributed by atoms with E-state index in [1.807, 2.05) is 18.2 Å². The van der Waals surface area contributed by atoms with Gasteiger partial charge in [0.15, 0.2) is 5.78 Å². The fraction of sp³-hybridized carbons (Fsp3) is 0.462. The molecule has 0 N–H and O–H groups in total. The first kappa shape index (κ1) is 10.2. The molecule has 0 aromatic heterocycles. The molecule has 2 rings (SSSR count). The summed E-state index contributed by atoms with van der Waals surface area (Å²) in [4.78, 5) is 11.4. The average Bonchev–Trinajstić information content (AvgIpc) is 2.61. The molecule has 0 fully saturated rings. The van der Waals surface area contributed by atoms with E-state index in [9.17, 15) is 4.79 Å². The largest absolute Gasteiger partial charge is 0.494 e. The third-order valence-electron chi connectivity index (χ3n) is 2.77. The van der Waals surface area contributed by atoms with Crippen LogP contribution >= 0.6 is 0 Å². The summed E-state index contributed by atoms with van der Waals surface area (Å²) in [7, 11) is 0. The molecule has 1 aliphatic rings. The summed E-state index contributed by atoms with van der Waals surface area (Å²) in [5, 5.41) is 0. The van der Waals surface area contributed by atoms with Crippen molar-refractivity contribution in [3.8, 4) is 5.75 Å². The molecule has 1 aromatic rings. The Morgan fingerprint density at radius 2 is 2.20 bits per heavy atom. The fourth-order valence-corrected chi connectivity index (χ4v) is 1.86. The monoisotopic (exact) mass is 204 g/mol. The summed E-state index contributed by atoms with van der Waals surface area (Å²) >= 11 is 0. The Morgan fingerprint density at radius 1 is 1.33 bits per heavy atom. The molecule has 15 heavy (non-hydrogen) atoms. The SMILES string of the molecule is CCCCOc1ccc2c(c1)CCC2=O. The molecule has 0 saturated carbocycles. The van der Waals surface area contributed by atoms with E-state index in [0.29, 0.717) is 6.42 Å². The first-order valence-electron chi connectivity index (χ1n) is 5.60. The first-order valence-corrected chi connectivity index (χ1v) is 5.60. The Hall–Kier alpha value is -1.31. The Balaban J connectivity index is 2.06. The predicted molar refractivity (Wildman–Crippen MR) is 59.5 cm³/mol. The minimum Gasteiger partial charge on any atom is -0.494 e. The van der Waals surface area contributed by atoms with Crippen molar-refractivity contribution < 1.29 is 9.53 Å². The summed E-state index contributed by atoms with van der Waals surface area (Å²) in [5.74, 6) is 1.17. The molecule has 2 nitrogen and oxygen atoms in total. The van der Waals surface area contributed by atoms with Crippen molar-refractivity contribution in [1.82, 2.24) is 0 Å². The van der Waals surface area contributed by atoms with Gasteiger partial charge >= 0.3 is 0 Å². The Labute approximate surface area is 90.3 Å². The summed E-state index contributed by atoms with van der Waals surface area (Å²) in [6, 6.07) is 5.81. The molecule has 0 atom stereocenters. The molecule has 0 bridgehead atoms. The second kappa shape index (κ2) is 4.47. The number of Topliss-reactive ketones (excluding diaryl/α,β-unsaturated/α-hetero) is 1. The average molecular weight is 204 g/mol. The summed E-state index contributed by atoms with van der Waals surface area (Å²) in [5.41, 5.74) is 2.03. The molecule has 0 saturated heterocycles. The fourth-order valence-electron chi connectivity index (χ4n) is 1.86. The third kappa shape index (κ3) is 2.20. The molecule has 0 aliphatic heterocycles. The number of carbonyl (C=O) groups is 1. The van der Waals surface area contributed by atoms with Crippen LogP contribution in [0.4, 0.5) is 0 Å². The van der Waals surface area contributed by atoms with Gasteiger partial charge < -0.3 is 4.74 Å². The van der Waals surface area contributed by atoms with Crippen LogP contribution < -0.4 is 4.74 Å². The molecular weight excluding hydrogens is 188 g/mol. The maximum absolute atomic E-state index is 11.4. The van der Waals surface area contributed by atoms with Crippen LogP contribution in [-0.4, -0.2) is 12.4 Å². The number of aryl methyl sites for hydroxylation is 1. The number of hydrogen-bond acceptors (Lipinski definition) is 2. The zero-order valence-corrected chi connectivity index (χ0v) is 9.08. The van der Waals surface area contributed by atoms with Crippen molar-refractivity contribution in [2.75, 3.05) is 6.61 Å². The van der Waals surface area contributed by atoms with Gasteiger partial charge in [-0.2, -0.15) is 0 Å². The van der Waals surface area contributed by atoms with Crippen molar-refractivity contribution in [2.45, 2.75) is 32.6 Å². The van der Waals surface area contributed by atoms with E-state index in [1.165, 1.54) is 0 Å². The number of rotatable bonds is 4. The number of unbranched alkanes of at least 4 members (excludes halogenated alkanes) is 1. The lowest BCUT2D eigenvalue weighted by Crippen LogP contribution is -1.97. The minimum atomic E-state index is 0.269. The zero-order valence-electron chi connectivity index (χ0n) is 9.08. The molecule has 1 aromatic carbocycles. The van der Waals surface area contributed by atoms with Crippen molar-refractivity contribution in [3.63, 3.8) is 0 Å². The number of ketones is 1. The molecule has 0 radical (unpaired) electrons. The van der Waals surface area contributed by atoms with Gasteiger partial charge in [0.1, 0.15) is 5.75 Å². The van der Waals surface area contributed by atoms with Crippen LogP contribution in [0.3, 0.4) is 0 Å². The van der Waals surface area contributed by atoms with E-state index in [1.54, 1.807) is 0 Å². The molecule has 1 aliphatic carbocycles. The van der Waals surface area contributed by atoms with Gasteiger partial charge in [-0.05, 0) is 36.6 Å². The first-order chi connectivity index (χ1) is 7.31. The van der Waals surface area contributed by atoms with Crippen LogP contribution in [0.25, 0.3) is 0 Å². The zero-order chi connectivity index (χ0) is 10.7. The van der Waals surface area contributed by atoms with Crippen molar-refractivity contribution >= 4 is 5.78 Å². The summed E-state index contributed by atoms with van der Waals surface area (Å²) in [6.07, 6.45) is 3.76. The maximum atomic E-state index is 11.4. The van der Waals surface area contributed by atoms with Gasteiger partial charge in [0.25, 0.3) is 0 Å². The van der Waals surface area contributed by atoms with E-state index in [-0.39, 0.29) is 5.78 Å². The van der Waals surface area contributed by atoms with E-state index in [2.05, 4.69) is 6.92 Å². The van der Waals surface area contributed by atoms with Gasteiger partial charge in [-0.25, -0.2) is 0 Å². The van der Waals surface area contributed by atoms with Crippen molar-refractivity contribution in [3.05, 3.63) is 29.3 Å². The van der Waals surface area contributed by atoms with Crippen LogP contribution in [0.1, 0.15) is 42.1 Å². The highest BCUT2D eigenvalue weighted by Crippen LogP contribution is 2.26. The number of hydrogen-bond donors (Lipinski definition) is 0. The van der Waals surface area contributed by atoms with Gasteiger partial charge in [0.05, 0.1) is 6.61 Å². The highest BCUT2D eigenvalue weighted by Gasteiger charge is 2.19. The molecule has 0 unspecified atom stereocenters. The van der Waals surface area contributed by atoms with Crippen LogP contribution in [0.5, 0.6) is 5.75 Å². The lowest BCUT2D eigenvalue weighted by atomic mass is 10.1. The Bertz CT molecular complexity index is 369. The highest BCUT2D eigenvalue weighted by molar-refractivity contribution is 6.00. The van der Waals surface area contributed by atoms with Gasteiger partial charge in [0, 0.05) is 12.0 Å². The van der Waals surface area contributed by atoms with Gasteiger partial charge in [-0.15, -0.1) is 0 Å². The van der Waals surface area contributed by atoms with Gasteiger partial charge in [0.2, 0.25) is 0 Å². The third-order valence-corrected chi connectivity index (χ3v) is 2.77. The lowest BCUT2D eigenvalue weighted by Gasteiger charge is -2.06. The number of fused-ring (bicyclic) bond motifs is 1. The van der Waals surface area contributed by atoms with Crippen LogP contribution in [-0.2, 0) is 6.42 Å². The number of benzene rings is 1. The predicted octanol–water partition coefficient (Wildman–Crippen LogP) is 2.99. The molecule has 0 amide bonds. The highest BCUT2D eigenvalue weighted by atomic mass is 16.5. The second-order valence-corrected chi connectivity index (χ2v) is 3.94. The van der Waals surface area contributed by atoms with Crippen LogP contribution in [0.15, 0.2) is 18.2 Å². The van der Waals surface area contributed by atoms with E-state index < -0.39 is 0 Å². The van der Waals surface area contributed by atoms with Gasteiger partial charge in [-0.3, -0.25) is 4.79 Å². The smallest absolute Gasteiger partial charge is 0.163 e. The van der Waals surface area contributed by atoms with Crippen LogP contribution in [0, 0.1) is 0 Å². The molecular formula is C13H16O2. The Kier molecular flexibility index (Phi) is 3.05. The quantitative estimate of drug-likeness (QED) is 0.705. The Morgan fingerprint density at radius 3 is 3.00 bits per heavy atom.